The lowest BCUT2D eigenvalue weighted by molar-refractivity contribution is -0.154. The number of hydrogen-bond donors (Lipinski definition) is 0. The molecular formula is C23H25NO5. The van der Waals surface area contributed by atoms with Gasteiger partial charge < -0.3 is 14.4 Å². The third kappa shape index (κ3) is 5.91. The van der Waals surface area contributed by atoms with E-state index in [1.54, 1.807) is 0 Å². The van der Waals surface area contributed by atoms with E-state index >= 15 is 0 Å². The van der Waals surface area contributed by atoms with Crippen molar-refractivity contribution in [3.63, 3.8) is 0 Å². The Morgan fingerprint density at radius 1 is 0.966 bits per heavy atom. The first-order chi connectivity index (χ1) is 14.0. The van der Waals surface area contributed by atoms with Gasteiger partial charge in [0.1, 0.15) is 18.8 Å². The van der Waals surface area contributed by atoms with Gasteiger partial charge in [0, 0.05) is 19.8 Å². The van der Waals surface area contributed by atoms with Gasteiger partial charge in [-0.15, -0.1) is 0 Å². The fourth-order valence-electron chi connectivity index (χ4n) is 3.42. The molecule has 152 valence electrons. The lowest BCUT2D eigenvalue weighted by Crippen LogP contribution is -2.40. The summed E-state index contributed by atoms with van der Waals surface area (Å²) < 4.78 is 10.9. The van der Waals surface area contributed by atoms with Crippen LogP contribution in [0.4, 0.5) is 0 Å². The van der Waals surface area contributed by atoms with E-state index in [1.807, 2.05) is 60.7 Å². The number of aryl methyl sites for hydroxylation is 1. The molecule has 0 aliphatic carbocycles. The fourth-order valence-corrected chi connectivity index (χ4v) is 3.42. The van der Waals surface area contributed by atoms with Gasteiger partial charge in [-0.3, -0.25) is 9.59 Å². The third-order valence-corrected chi connectivity index (χ3v) is 4.92. The SMILES string of the molecule is CC(=O)N1C[C@H](OC(=O)CCc2ccccc2)CC1C(=O)OCc1ccccc1. The van der Waals surface area contributed by atoms with Crippen LogP contribution in [0.1, 0.15) is 30.9 Å². The smallest absolute Gasteiger partial charge is 0.329 e. The average Bonchev–Trinajstić information content (AvgIpc) is 3.16. The molecule has 29 heavy (non-hydrogen) atoms. The molecule has 0 spiro atoms. The van der Waals surface area contributed by atoms with E-state index in [0.717, 1.165) is 11.1 Å². The van der Waals surface area contributed by atoms with Crippen LogP contribution >= 0.6 is 0 Å². The molecule has 6 heteroatoms. The molecule has 0 radical (unpaired) electrons. The predicted octanol–water partition coefficient (Wildman–Crippen LogP) is 2.90. The Kier molecular flexibility index (Phi) is 7.00. The number of carbonyl (C=O) groups is 3. The van der Waals surface area contributed by atoms with Gasteiger partial charge in [-0.2, -0.15) is 0 Å². The maximum atomic E-state index is 12.5. The van der Waals surface area contributed by atoms with Gasteiger partial charge in [0.15, 0.2) is 0 Å². The molecule has 1 aliphatic heterocycles. The fraction of sp³-hybridized carbons (Fsp3) is 0.348. The molecule has 2 aromatic rings. The topological polar surface area (TPSA) is 72.9 Å². The standard InChI is InChI=1S/C23H25NO5/c1-17(25)24-15-20(29-22(26)13-12-18-8-4-2-5-9-18)14-21(24)23(27)28-16-19-10-6-3-7-11-19/h2-11,20-21H,12-16H2,1H3/t20-,21?/m1/s1. The summed E-state index contributed by atoms with van der Waals surface area (Å²) in [6.07, 6.45) is 0.593. The Labute approximate surface area is 170 Å². The number of likely N-dealkylation sites (tertiary alicyclic amines) is 1. The number of nitrogens with zero attached hydrogens (tertiary/aromatic N) is 1. The van der Waals surface area contributed by atoms with Crippen LogP contribution in [0.2, 0.25) is 0 Å². The zero-order chi connectivity index (χ0) is 20.6. The van der Waals surface area contributed by atoms with E-state index in [2.05, 4.69) is 0 Å². The second kappa shape index (κ2) is 9.87. The summed E-state index contributed by atoms with van der Waals surface area (Å²) in [5, 5.41) is 0. The Hall–Kier alpha value is -3.15. The molecule has 2 aromatic carbocycles. The lowest BCUT2D eigenvalue weighted by atomic mass is 10.1. The van der Waals surface area contributed by atoms with E-state index in [0.29, 0.717) is 6.42 Å². The van der Waals surface area contributed by atoms with E-state index in [-0.39, 0.29) is 37.9 Å². The van der Waals surface area contributed by atoms with Crippen molar-refractivity contribution < 1.29 is 23.9 Å². The number of carbonyl (C=O) groups excluding carboxylic acids is 3. The highest BCUT2D eigenvalue weighted by atomic mass is 16.5. The van der Waals surface area contributed by atoms with Gasteiger partial charge in [0.05, 0.1) is 6.54 Å². The summed E-state index contributed by atoms with van der Waals surface area (Å²) in [6.45, 7) is 1.75. The largest absolute Gasteiger partial charge is 0.460 e. The van der Waals surface area contributed by atoms with Gasteiger partial charge in [-0.05, 0) is 17.5 Å². The van der Waals surface area contributed by atoms with Crippen LogP contribution in [0.15, 0.2) is 60.7 Å². The van der Waals surface area contributed by atoms with Gasteiger partial charge in [0.25, 0.3) is 0 Å². The maximum Gasteiger partial charge on any atom is 0.329 e. The number of benzene rings is 2. The molecule has 1 aliphatic rings. The minimum Gasteiger partial charge on any atom is -0.460 e. The van der Waals surface area contributed by atoms with Gasteiger partial charge in [-0.1, -0.05) is 60.7 Å². The van der Waals surface area contributed by atoms with E-state index < -0.39 is 18.1 Å². The van der Waals surface area contributed by atoms with E-state index in [4.69, 9.17) is 9.47 Å². The summed E-state index contributed by atoms with van der Waals surface area (Å²) in [5.74, 6) is -1.05. The number of hydrogen-bond acceptors (Lipinski definition) is 5. The minimum atomic E-state index is -0.733. The van der Waals surface area contributed by atoms with Crippen molar-refractivity contribution in [2.24, 2.45) is 0 Å². The van der Waals surface area contributed by atoms with E-state index in [1.165, 1.54) is 11.8 Å². The molecule has 0 aromatic heterocycles. The van der Waals surface area contributed by atoms with Crippen LogP contribution in [0.5, 0.6) is 0 Å². The zero-order valence-corrected chi connectivity index (χ0v) is 16.5. The van der Waals surface area contributed by atoms with Crippen LogP contribution in [0.3, 0.4) is 0 Å². The molecular weight excluding hydrogens is 370 g/mol. The van der Waals surface area contributed by atoms with E-state index in [9.17, 15) is 14.4 Å². The zero-order valence-electron chi connectivity index (χ0n) is 16.5. The summed E-state index contributed by atoms with van der Waals surface area (Å²) >= 11 is 0. The second-order valence-corrected chi connectivity index (χ2v) is 7.11. The average molecular weight is 395 g/mol. The number of amides is 1. The number of ether oxygens (including phenoxy) is 2. The molecule has 6 nitrogen and oxygen atoms in total. The molecule has 1 heterocycles. The first-order valence-corrected chi connectivity index (χ1v) is 9.74. The predicted molar refractivity (Wildman–Crippen MR) is 107 cm³/mol. The molecule has 1 saturated heterocycles. The van der Waals surface area contributed by atoms with Crippen molar-refractivity contribution >= 4 is 17.8 Å². The van der Waals surface area contributed by atoms with Gasteiger partial charge >= 0.3 is 11.9 Å². The van der Waals surface area contributed by atoms with Crippen molar-refractivity contribution in [3.8, 4) is 0 Å². The number of esters is 2. The molecule has 1 amide bonds. The second-order valence-electron chi connectivity index (χ2n) is 7.11. The van der Waals surface area contributed by atoms with Crippen LogP contribution in [-0.2, 0) is 36.9 Å². The molecule has 1 fully saturated rings. The Morgan fingerprint density at radius 3 is 2.21 bits per heavy atom. The van der Waals surface area contributed by atoms with Crippen molar-refractivity contribution in [3.05, 3.63) is 71.8 Å². The van der Waals surface area contributed by atoms with Crippen molar-refractivity contribution in [2.45, 2.75) is 44.9 Å². The monoisotopic (exact) mass is 395 g/mol. The summed E-state index contributed by atoms with van der Waals surface area (Å²) in [7, 11) is 0. The normalized spacial score (nSPS) is 18.3. The van der Waals surface area contributed by atoms with Crippen molar-refractivity contribution in [2.75, 3.05) is 6.54 Å². The van der Waals surface area contributed by atoms with Gasteiger partial charge in [-0.25, -0.2) is 4.79 Å². The highest BCUT2D eigenvalue weighted by molar-refractivity contribution is 5.84. The Morgan fingerprint density at radius 2 is 1.59 bits per heavy atom. The molecule has 0 N–H and O–H groups in total. The summed E-state index contributed by atoms with van der Waals surface area (Å²) in [4.78, 5) is 38.1. The maximum absolute atomic E-state index is 12.5. The lowest BCUT2D eigenvalue weighted by Gasteiger charge is -2.21. The first kappa shape index (κ1) is 20.6. The van der Waals surface area contributed by atoms with Crippen LogP contribution in [-0.4, -0.2) is 41.4 Å². The molecule has 2 atom stereocenters. The van der Waals surface area contributed by atoms with Crippen molar-refractivity contribution in [1.82, 2.24) is 4.90 Å². The van der Waals surface area contributed by atoms with Crippen molar-refractivity contribution in [1.29, 1.82) is 0 Å². The Balaban J connectivity index is 1.51. The molecule has 0 saturated carbocycles. The quantitative estimate of drug-likeness (QED) is 0.674. The summed E-state index contributed by atoms with van der Waals surface area (Å²) in [5.41, 5.74) is 1.93. The van der Waals surface area contributed by atoms with Gasteiger partial charge in [0.2, 0.25) is 5.91 Å². The Bertz CT molecular complexity index is 837. The molecule has 1 unspecified atom stereocenters. The minimum absolute atomic E-state index is 0.142. The molecule has 3 rings (SSSR count). The number of rotatable bonds is 7. The third-order valence-electron chi connectivity index (χ3n) is 4.92. The van der Waals surface area contributed by atoms with Crippen LogP contribution in [0, 0.1) is 0 Å². The van der Waals surface area contributed by atoms with Crippen LogP contribution in [0.25, 0.3) is 0 Å². The summed E-state index contributed by atoms with van der Waals surface area (Å²) in [6, 6.07) is 18.3. The highest BCUT2D eigenvalue weighted by Crippen LogP contribution is 2.23. The molecule has 0 bridgehead atoms. The highest BCUT2D eigenvalue weighted by Gasteiger charge is 2.41. The first-order valence-electron chi connectivity index (χ1n) is 9.74. The van der Waals surface area contributed by atoms with Crippen LogP contribution < -0.4 is 0 Å².